The van der Waals surface area contributed by atoms with Crippen molar-refractivity contribution in [3.05, 3.63) is 83.7 Å². The average Bonchev–Trinajstić information content (AvgIpc) is 2.74. The number of halogens is 1. The lowest BCUT2D eigenvalue weighted by Gasteiger charge is -2.21. The summed E-state index contributed by atoms with van der Waals surface area (Å²) in [6.07, 6.45) is 3.40. The molecule has 6 heteroatoms. The van der Waals surface area contributed by atoms with E-state index in [0.717, 1.165) is 5.82 Å². The third-order valence-electron chi connectivity index (χ3n) is 4.97. The molecule has 168 valence electrons. The molecule has 0 radical (unpaired) electrons. The molecule has 5 nitrogen and oxygen atoms in total. The van der Waals surface area contributed by atoms with Crippen molar-refractivity contribution in [1.29, 1.82) is 0 Å². The number of ether oxygens (including phenoxy) is 2. The number of rotatable bonds is 7. The Labute approximate surface area is 188 Å². The van der Waals surface area contributed by atoms with Crippen LogP contribution in [-0.2, 0) is 21.6 Å². The molecule has 0 fully saturated rings. The van der Waals surface area contributed by atoms with Gasteiger partial charge >= 0.3 is 5.97 Å². The summed E-state index contributed by atoms with van der Waals surface area (Å²) in [6.45, 7) is 10.0. The summed E-state index contributed by atoms with van der Waals surface area (Å²) in [5.41, 5.74) is 1.17. The van der Waals surface area contributed by atoms with E-state index in [0.29, 0.717) is 16.9 Å². The highest BCUT2D eigenvalue weighted by Crippen LogP contribution is 2.28. The van der Waals surface area contributed by atoms with Crippen molar-refractivity contribution in [3.63, 3.8) is 0 Å². The molecule has 0 amide bonds. The normalized spacial score (nSPS) is 12.5. The summed E-state index contributed by atoms with van der Waals surface area (Å²) in [5.74, 6) is -0.0341. The molecule has 1 unspecified atom stereocenters. The van der Waals surface area contributed by atoms with E-state index in [1.807, 2.05) is 52.8 Å². The summed E-state index contributed by atoms with van der Waals surface area (Å²) in [6, 6.07) is 13.4. The van der Waals surface area contributed by atoms with E-state index in [1.54, 1.807) is 36.7 Å². The summed E-state index contributed by atoms with van der Waals surface area (Å²) in [4.78, 5) is 21.8. The fourth-order valence-corrected chi connectivity index (χ4v) is 3.25. The Morgan fingerprint density at radius 2 is 1.69 bits per heavy atom. The number of benzene rings is 2. The molecule has 2 aromatic carbocycles. The van der Waals surface area contributed by atoms with Gasteiger partial charge in [-0.15, -0.1) is 0 Å². The number of carbonyl (C=O) groups excluding carboxylic acids is 1. The van der Waals surface area contributed by atoms with Gasteiger partial charge in [0, 0.05) is 23.4 Å². The molecule has 0 aliphatic heterocycles. The maximum absolute atomic E-state index is 14.2. The lowest BCUT2D eigenvalue weighted by Crippen LogP contribution is -2.22. The molecule has 0 aliphatic rings. The van der Waals surface area contributed by atoms with E-state index in [1.165, 1.54) is 6.07 Å². The van der Waals surface area contributed by atoms with Gasteiger partial charge in [-0.25, -0.2) is 14.4 Å². The second kappa shape index (κ2) is 9.90. The zero-order valence-electron chi connectivity index (χ0n) is 19.1. The van der Waals surface area contributed by atoms with Crippen LogP contribution in [0.15, 0.2) is 60.9 Å². The fraction of sp³-hybridized carbons (Fsp3) is 0.346. The Morgan fingerprint density at radius 3 is 2.28 bits per heavy atom. The van der Waals surface area contributed by atoms with Gasteiger partial charge in [0.05, 0.1) is 5.92 Å². The van der Waals surface area contributed by atoms with Gasteiger partial charge in [0.15, 0.2) is 11.6 Å². The number of para-hydroxylation sites is 1. The molecular formula is C26H29FN2O3. The second-order valence-electron chi connectivity index (χ2n) is 9.10. The van der Waals surface area contributed by atoms with E-state index < -0.39 is 11.7 Å². The largest absolute Gasteiger partial charge is 0.460 e. The van der Waals surface area contributed by atoms with Crippen LogP contribution in [0, 0.1) is 11.7 Å². The third-order valence-corrected chi connectivity index (χ3v) is 4.97. The highest BCUT2D eigenvalue weighted by molar-refractivity contribution is 5.78. The highest BCUT2D eigenvalue weighted by Gasteiger charge is 2.27. The maximum atomic E-state index is 14.2. The standard InChI is InChI=1S/C26H29FN2O3/c1-17(2)23(19-14-28-25(29-15-19)26(3,4)5)24(30)31-16-18-11-12-21(27)22(13-18)32-20-9-7-6-8-10-20/h6-15,17,23H,16H2,1-5H3. The van der Waals surface area contributed by atoms with Gasteiger partial charge in [-0.05, 0) is 35.7 Å². The first kappa shape index (κ1) is 23.4. The number of aromatic nitrogens is 2. The van der Waals surface area contributed by atoms with Crippen LogP contribution >= 0.6 is 0 Å². The zero-order chi connectivity index (χ0) is 23.3. The molecule has 32 heavy (non-hydrogen) atoms. The first-order valence-electron chi connectivity index (χ1n) is 10.7. The molecule has 0 aliphatic carbocycles. The Balaban J connectivity index is 1.71. The van der Waals surface area contributed by atoms with Crippen molar-refractivity contribution in [1.82, 2.24) is 9.97 Å². The summed E-state index contributed by atoms with van der Waals surface area (Å²) >= 11 is 0. The van der Waals surface area contributed by atoms with Gasteiger partial charge in [0.1, 0.15) is 18.2 Å². The molecule has 3 rings (SSSR count). The monoisotopic (exact) mass is 436 g/mol. The van der Waals surface area contributed by atoms with Crippen LogP contribution in [0.4, 0.5) is 4.39 Å². The van der Waals surface area contributed by atoms with E-state index in [2.05, 4.69) is 9.97 Å². The van der Waals surface area contributed by atoms with Crippen LogP contribution in [-0.4, -0.2) is 15.9 Å². The molecule has 3 aromatic rings. The molecule has 0 saturated carbocycles. The number of esters is 1. The molecule has 0 spiro atoms. The molecule has 0 saturated heterocycles. The van der Waals surface area contributed by atoms with Crippen molar-refractivity contribution < 1.29 is 18.7 Å². The van der Waals surface area contributed by atoms with Gasteiger partial charge < -0.3 is 9.47 Å². The van der Waals surface area contributed by atoms with Crippen LogP contribution in [0.25, 0.3) is 0 Å². The van der Waals surface area contributed by atoms with Gasteiger partial charge in [-0.1, -0.05) is 58.9 Å². The van der Waals surface area contributed by atoms with Crippen LogP contribution in [0.3, 0.4) is 0 Å². The number of carbonyl (C=O) groups is 1. The summed E-state index contributed by atoms with van der Waals surface area (Å²) < 4.78 is 25.4. The van der Waals surface area contributed by atoms with Crippen molar-refractivity contribution in [2.24, 2.45) is 5.92 Å². The molecule has 1 aromatic heterocycles. The van der Waals surface area contributed by atoms with Crippen molar-refractivity contribution in [2.45, 2.75) is 52.6 Å². The topological polar surface area (TPSA) is 61.3 Å². The highest BCUT2D eigenvalue weighted by atomic mass is 19.1. The predicted molar refractivity (Wildman–Crippen MR) is 121 cm³/mol. The Morgan fingerprint density at radius 1 is 1.03 bits per heavy atom. The van der Waals surface area contributed by atoms with Gasteiger partial charge in [-0.2, -0.15) is 0 Å². The molecular weight excluding hydrogens is 407 g/mol. The van der Waals surface area contributed by atoms with Gasteiger partial charge in [0.25, 0.3) is 0 Å². The van der Waals surface area contributed by atoms with E-state index >= 15 is 0 Å². The first-order valence-corrected chi connectivity index (χ1v) is 10.7. The Hall–Kier alpha value is -3.28. The lowest BCUT2D eigenvalue weighted by molar-refractivity contribution is -0.148. The summed E-state index contributed by atoms with van der Waals surface area (Å²) in [7, 11) is 0. The van der Waals surface area contributed by atoms with Crippen LogP contribution in [0.1, 0.15) is 57.5 Å². The van der Waals surface area contributed by atoms with Gasteiger partial charge in [0.2, 0.25) is 0 Å². The SMILES string of the molecule is CC(C)C(C(=O)OCc1ccc(F)c(Oc2ccccc2)c1)c1cnc(C(C)(C)C)nc1. The van der Waals surface area contributed by atoms with Crippen LogP contribution in [0.2, 0.25) is 0 Å². The Bertz CT molecular complexity index is 1040. The Kier molecular flexibility index (Phi) is 7.23. The minimum Gasteiger partial charge on any atom is -0.460 e. The van der Waals surface area contributed by atoms with E-state index in [-0.39, 0.29) is 29.7 Å². The first-order chi connectivity index (χ1) is 15.1. The average molecular weight is 437 g/mol. The second-order valence-corrected chi connectivity index (χ2v) is 9.10. The quantitative estimate of drug-likeness (QED) is 0.413. The smallest absolute Gasteiger partial charge is 0.314 e. The molecule has 1 heterocycles. The minimum atomic E-state index is -0.496. The zero-order valence-corrected chi connectivity index (χ0v) is 19.1. The number of nitrogens with zero attached hydrogens (tertiary/aromatic N) is 2. The predicted octanol–water partition coefficient (Wildman–Crippen LogP) is 6.19. The van der Waals surface area contributed by atoms with Crippen molar-refractivity contribution in [3.8, 4) is 11.5 Å². The summed E-state index contributed by atoms with van der Waals surface area (Å²) in [5, 5.41) is 0. The van der Waals surface area contributed by atoms with Crippen molar-refractivity contribution in [2.75, 3.05) is 0 Å². The molecule has 1 atom stereocenters. The molecule has 0 bridgehead atoms. The lowest BCUT2D eigenvalue weighted by atomic mass is 9.89. The number of hydrogen-bond donors (Lipinski definition) is 0. The fourth-order valence-electron chi connectivity index (χ4n) is 3.25. The van der Waals surface area contributed by atoms with E-state index in [4.69, 9.17) is 9.47 Å². The van der Waals surface area contributed by atoms with Crippen LogP contribution < -0.4 is 4.74 Å². The minimum absolute atomic E-state index is 0.00298. The molecule has 0 N–H and O–H groups in total. The number of hydrogen-bond acceptors (Lipinski definition) is 5. The van der Waals surface area contributed by atoms with Crippen LogP contribution in [0.5, 0.6) is 11.5 Å². The van der Waals surface area contributed by atoms with Gasteiger partial charge in [-0.3, -0.25) is 4.79 Å². The third kappa shape index (κ3) is 5.90. The van der Waals surface area contributed by atoms with Crippen molar-refractivity contribution >= 4 is 5.97 Å². The maximum Gasteiger partial charge on any atom is 0.314 e. The van der Waals surface area contributed by atoms with E-state index in [9.17, 15) is 9.18 Å².